The Morgan fingerprint density at radius 3 is 2.14 bits per heavy atom. The minimum absolute atomic E-state index is 0.0973. The molecule has 0 aliphatic rings. The maximum Gasteiger partial charge on any atom is 0.0975 e. The summed E-state index contributed by atoms with van der Waals surface area (Å²) >= 11 is 0. The van der Waals surface area contributed by atoms with Crippen LogP contribution in [0.4, 0.5) is 0 Å². The molecule has 0 fully saturated rings. The van der Waals surface area contributed by atoms with E-state index in [1.165, 1.54) is 0 Å². The molecule has 0 aromatic carbocycles. The molecule has 0 aromatic rings. The Morgan fingerprint density at radius 2 is 1.86 bits per heavy atom. The molecule has 0 spiro atoms. The summed E-state index contributed by atoms with van der Waals surface area (Å²) in [5.41, 5.74) is -0.0973. The van der Waals surface area contributed by atoms with Gasteiger partial charge in [-0.2, -0.15) is 0 Å². The Kier molecular flexibility index (Phi) is 5.02. The molecule has 0 saturated carbocycles. The fourth-order valence-corrected chi connectivity index (χ4v) is 1.94. The highest BCUT2D eigenvalue weighted by Gasteiger charge is 2.28. The summed E-state index contributed by atoms with van der Waals surface area (Å²) in [6.45, 7) is 13.8. The lowest BCUT2D eigenvalue weighted by atomic mass is 9.96. The highest BCUT2D eigenvalue weighted by molar-refractivity contribution is 7.84. The van der Waals surface area contributed by atoms with Gasteiger partial charge in [-0.1, -0.05) is 13.0 Å². The van der Waals surface area contributed by atoms with Crippen LogP contribution in [0.1, 0.15) is 47.5 Å². The normalized spacial score (nSPS) is 18.6. The number of rotatable bonds is 5. The van der Waals surface area contributed by atoms with Gasteiger partial charge in [0.05, 0.1) is 15.7 Å². The van der Waals surface area contributed by atoms with Crippen molar-refractivity contribution >= 4 is 11.0 Å². The number of hydrogen-bond donors (Lipinski definition) is 1. The van der Waals surface area contributed by atoms with E-state index in [4.69, 9.17) is 0 Å². The minimum Gasteiger partial charge on any atom is -0.242 e. The SMILES string of the molecule is C=CC[C@@](C)(CC)N[S@](=O)C(C)(C)C. The molecule has 0 radical (unpaired) electrons. The van der Waals surface area contributed by atoms with Crippen molar-refractivity contribution in [1.29, 1.82) is 0 Å². The van der Waals surface area contributed by atoms with Crippen molar-refractivity contribution in [3.05, 3.63) is 12.7 Å². The molecule has 0 saturated heterocycles. The van der Waals surface area contributed by atoms with Crippen molar-refractivity contribution in [1.82, 2.24) is 4.72 Å². The number of nitrogens with one attached hydrogen (secondary N) is 1. The predicted octanol–water partition coefficient (Wildman–Crippen LogP) is 2.78. The van der Waals surface area contributed by atoms with E-state index in [9.17, 15) is 4.21 Å². The molecule has 0 aromatic heterocycles. The van der Waals surface area contributed by atoms with Gasteiger partial charge in [0.25, 0.3) is 0 Å². The van der Waals surface area contributed by atoms with Crippen LogP contribution in [0.2, 0.25) is 0 Å². The molecule has 0 rings (SSSR count). The molecule has 0 aliphatic heterocycles. The van der Waals surface area contributed by atoms with Crippen LogP contribution < -0.4 is 4.72 Å². The third-order valence-corrected chi connectivity index (χ3v) is 4.06. The molecule has 84 valence electrons. The first-order valence-electron chi connectivity index (χ1n) is 5.06. The van der Waals surface area contributed by atoms with Gasteiger partial charge in [-0.15, -0.1) is 6.58 Å². The molecule has 2 nitrogen and oxygen atoms in total. The van der Waals surface area contributed by atoms with E-state index < -0.39 is 11.0 Å². The van der Waals surface area contributed by atoms with Crippen molar-refractivity contribution in [3.8, 4) is 0 Å². The quantitative estimate of drug-likeness (QED) is 0.705. The third-order valence-electron chi connectivity index (χ3n) is 2.27. The van der Waals surface area contributed by atoms with Crippen molar-refractivity contribution < 1.29 is 4.21 Å². The lowest BCUT2D eigenvalue weighted by molar-refractivity contribution is 0.413. The predicted molar refractivity (Wildman–Crippen MR) is 64.5 cm³/mol. The first-order chi connectivity index (χ1) is 6.25. The smallest absolute Gasteiger partial charge is 0.0975 e. The summed E-state index contributed by atoms with van der Waals surface area (Å²) in [7, 11) is -1.01. The molecule has 1 N–H and O–H groups in total. The molecular formula is C11H23NOS. The molecule has 3 heteroatoms. The monoisotopic (exact) mass is 217 g/mol. The second-order valence-electron chi connectivity index (χ2n) is 4.89. The molecule has 0 heterocycles. The van der Waals surface area contributed by atoms with E-state index in [1.807, 2.05) is 26.8 Å². The topological polar surface area (TPSA) is 29.1 Å². The second kappa shape index (κ2) is 5.08. The van der Waals surface area contributed by atoms with E-state index >= 15 is 0 Å². The van der Waals surface area contributed by atoms with Crippen LogP contribution in [0.15, 0.2) is 12.7 Å². The molecular weight excluding hydrogens is 194 g/mol. The van der Waals surface area contributed by atoms with E-state index in [2.05, 4.69) is 25.1 Å². The second-order valence-corrected chi connectivity index (χ2v) is 6.86. The zero-order chi connectivity index (χ0) is 11.4. The van der Waals surface area contributed by atoms with E-state index in [-0.39, 0.29) is 10.3 Å². The van der Waals surface area contributed by atoms with Crippen LogP contribution in [-0.2, 0) is 11.0 Å². The Balaban J connectivity index is 4.46. The summed E-state index contributed by atoms with van der Waals surface area (Å²) in [6.07, 6.45) is 3.66. The number of hydrogen-bond acceptors (Lipinski definition) is 1. The highest BCUT2D eigenvalue weighted by atomic mass is 32.2. The van der Waals surface area contributed by atoms with Gasteiger partial charge in [-0.25, -0.2) is 8.93 Å². The maximum absolute atomic E-state index is 11.9. The van der Waals surface area contributed by atoms with Crippen LogP contribution in [0.25, 0.3) is 0 Å². The van der Waals surface area contributed by atoms with Gasteiger partial charge < -0.3 is 0 Å². The molecule has 14 heavy (non-hydrogen) atoms. The fourth-order valence-electron chi connectivity index (χ4n) is 0.954. The third kappa shape index (κ3) is 4.38. The Labute approximate surface area is 90.8 Å². The van der Waals surface area contributed by atoms with Crippen LogP contribution in [0.3, 0.4) is 0 Å². The summed E-state index contributed by atoms with van der Waals surface area (Å²) in [4.78, 5) is 0. The van der Waals surface area contributed by atoms with Crippen LogP contribution in [0, 0.1) is 0 Å². The van der Waals surface area contributed by atoms with Crippen LogP contribution >= 0.6 is 0 Å². The standard InChI is InChI=1S/C11H23NOS/c1-7-9-11(6,8-2)12-14(13)10(3,4)5/h7,12H,1,8-9H2,2-6H3/t11-,14-/m1/s1. The first kappa shape index (κ1) is 13.8. The van der Waals surface area contributed by atoms with E-state index in [0.29, 0.717) is 0 Å². The lowest BCUT2D eigenvalue weighted by Crippen LogP contribution is -2.47. The van der Waals surface area contributed by atoms with Gasteiger partial charge in [-0.3, -0.25) is 0 Å². The highest BCUT2D eigenvalue weighted by Crippen LogP contribution is 2.19. The van der Waals surface area contributed by atoms with Gasteiger partial charge >= 0.3 is 0 Å². The molecule has 0 bridgehead atoms. The largest absolute Gasteiger partial charge is 0.242 e. The Hall–Kier alpha value is -0.150. The molecule has 0 aliphatic carbocycles. The lowest BCUT2D eigenvalue weighted by Gasteiger charge is -2.31. The van der Waals surface area contributed by atoms with Gasteiger partial charge in [-0.05, 0) is 40.5 Å². The fraction of sp³-hybridized carbons (Fsp3) is 0.818. The molecule has 0 amide bonds. The summed E-state index contributed by atoms with van der Waals surface area (Å²) < 4.78 is 14.9. The molecule has 2 atom stereocenters. The van der Waals surface area contributed by atoms with Gasteiger partial charge in [0.2, 0.25) is 0 Å². The minimum atomic E-state index is -1.01. The first-order valence-corrected chi connectivity index (χ1v) is 6.21. The van der Waals surface area contributed by atoms with Gasteiger partial charge in [0, 0.05) is 5.54 Å². The summed E-state index contributed by atoms with van der Waals surface area (Å²) in [5.74, 6) is 0. The van der Waals surface area contributed by atoms with Crippen molar-refractivity contribution in [2.45, 2.75) is 57.7 Å². The van der Waals surface area contributed by atoms with Crippen LogP contribution in [0.5, 0.6) is 0 Å². The van der Waals surface area contributed by atoms with Crippen molar-refractivity contribution in [2.75, 3.05) is 0 Å². The summed E-state index contributed by atoms with van der Waals surface area (Å²) in [6, 6.07) is 0. The molecule has 0 unspecified atom stereocenters. The Morgan fingerprint density at radius 1 is 1.36 bits per heavy atom. The zero-order valence-corrected chi connectivity index (χ0v) is 10.8. The summed E-state index contributed by atoms with van der Waals surface area (Å²) in [5, 5.41) is 0. The Bertz CT molecular complexity index is 220. The van der Waals surface area contributed by atoms with Gasteiger partial charge in [0.15, 0.2) is 0 Å². The zero-order valence-electron chi connectivity index (χ0n) is 10.0. The maximum atomic E-state index is 11.9. The van der Waals surface area contributed by atoms with E-state index in [1.54, 1.807) is 0 Å². The average Bonchev–Trinajstić information content (AvgIpc) is 2.03. The average molecular weight is 217 g/mol. The van der Waals surface area contributed by atoms with Crippen LogP contribution in [-0.4, -0.2) is 14.5 Å². The van der Waals surface area contributed by atoms with Crippen molar-refractivity contribution in [3.63, 3.8) is 0 Å². The van der Waals surface area contributed by atoms with E-state index in [0.717, 1.165) is 12.8 Å². The van der Waals surface area contributed by atoms with Gasteiger partial charge in [0.1, 0.15) is 0 Å². The van der Waals surface area contributed by atoms with Crippen molar-refractivity contribution in [2.24, 2.45) is 0 Å².